The third kappa shape index (κ3) is 8.63. The third-order valence-electron chi connectivity index (χ3n) is 12.4. The molecule has 8 heteroatoms. The lowest BCUT2D eigenvalue weighted by atomic mass is 9.49. The normalized spacial score (nSPS) is 36.2. The van der Waals surface area contributed by atoms with Gasteiger partial charge in [0, 0.05) is 26.5 Å². The van der Waals surface area contributed by atoms with Gasteiger partial charge in [0.05, 0.1) is 30.5 Å². The number of aliphatic hydroxyl groups excluding tert-OH is 2. The van der Waals surface area contributed by atoms with Gasteiger partial charge in [-0.1, -0.05) is 32.8 Å². The zero-order valence-electron chi connectivity index (χ0n) is 28.7. The van der Waals surface area contributed by atoms with Crippen LogP contribution in [-0.4, -0.2) is 96.5 Å². The molecule has 0 heterocycles. The van der Waals surface area contributed by atoms with Crippen LogP contribution in [-0.2, 0) is 14.2 Å². The van der Waals surface area contributed by atoms with Crippen molar-refractivity contribution in [2.24, 2.45) is 35.0 Å². The number of nitrogens with zero attached hydrogens (tertiary/aromatic N) is 1. The minimum Gasteiger partial charge on any atom is -0.390 e. The third-order valence-corrected chi connectivity index (χ3v) is 13.6. The standard InChI is InChI=1S/C36H65NO6S/c1-25(10-9-11-26(2)41-5)31-14-15-32-30-13-12-27-22-29(16-19-36(27,40)33(30)17-18-35(31,32)3)43-23-28(38)24-44-21-8-7-20-37(4)34(39)42-6/h12,25-26,28-34,38-40H,7-11,13-24H2,1-6H3. The second-order valence-electron chi connectivity index (χ2n) is 15.1. The fraction of sp³-hybridized carbons (Fsp3) is 0.944. The first-order chi connectivity index (χ1) is 21.0. The molecule has 3 fully saturated rings. The summed E-state index contributed by atoms with van der Waals surface area (Å²) in [4.78, 5) is 1.78. The molecule has 11 atom stereocenters. The molecule has 0 spiro atoms. The lowest BCUT2D eigenvalue weighted by Gasteiger charge is -2.57. The molecule has 4 aliphatic carbocycles. The highest BCUT2D eigenvalue weighted by Gasteiger charge is 2.60. The van der Waals surface area contributed by atoms with Gasteiger partial charge in [0.1, 0.15) is 0 Å². The fourth-order valence-electron chi connectivity index (χ4n) is 9.77. The summed E-state index contributed by atoms with van der Waals surface area (Å²) in [5.74, 6) is 4.93. The molecule has 0 aromatic carbocycles. The number of allylic oxidation sites excluding steroid dienone is 1. The monoisotopic (exact) mass is 639 g/mol. The Hall–Kier alpha value is -0.190. The highest BCUT2D eigenvalue weighted by atomic mass is 32.2. The van der Waals surface area contributed by atoms with Crippen molar-refractivity contribution in [3.05, 3.63) is 11.6 Å². The van der Waals surface area contributed by atoms with Gasteiger partial charge in [-0.15, -0.1) is 0 Å². The molecule has 7 nitrogen and oxygen atoms in total. The first kappa shape index (κ1) is 36.6. The van der Waals surface area contributed by atoms with Crippen LogP contribution in [0.1, 0.15) is 104 Å². The summed E-state index contributed by atoms with van der Waals surface area (Å²) in [5.41, 5.74) is 0.972. The number of unbranched alkanes of at least 4 members (excludes halogenated alkanes) is 1. The Labute approximate surface area is 272 Å². The van der Waals surface area contributed by atoms with Crippen molar-refractivity contribution >= 4 is 11.8 Å². The zero-order valence-corrected chi connectivity index (χ0v) is 29.5. The maximum Gasteiger partial charge on any atom is 0.215 e. The SMILES string of the molecule is COC(C)CCCC(C)C1CCC2C3CC=C4CC(OCC(O)CSCCCCN(C)C(O)OC)CCC4(O)C3CCC12C. The maximum absolute atomic E-state index is 12.2. The minimum absolute atomic E-state index is 0.0897. The van der Waals surface area contributed by atoms with Gasteiger partial charge in [0.2, 0.25) is 6.41 Å². The number of thioether (sulfide) groups is 1. The molecule has 0 aliphatic heterocycles. The van der Waals surface area contributed by atoms with Crippen LogP contribution >= 0.6 is 11.8 Å². The molecule has 0 bridgehead atoms. The lowest BCUT2D eigenvalue weighted by molar-refractivity contribution is -0.167. The van der Waals surface area contributed by atoms with E-state index >= 15 is 0 Å². The Morgan fingerprint density at radius 3 is 2.55 bits per heavy atom. The van der Waals surface area contributed by atoms with Gasteiger partial charge in [-0.25, -0.2) is 0 Å². The second kappa shape index (κ2) is 16.8. The van der Waals surface area contributed by atoms with Crippen LogP contribution in [0.4, 0.5) is 0 Å². The summed E-state index contributed by atoms with van der Waals surface area (Å²) < 4.78 is 16.6. The summed E-state index contributed by atoms with van der Waals surface area (Å²) in [6.07, 6.45) is 15.9. The van der Waals surface area contributed by atoms with Gasteiger partial charge in [-0.05, 0) is 131 Å². The number of ether oxygens (including phenoxy) is 3. The van der Waals surface area contributed by atoms with Gasteiger partial charge >= 0.3 is 0 Å². The molecule has 0 aromatic heterocycles. The predicted molar refractivity (Wildman–Crippen MR) is 179 cm³/mol. The van der Waals surface area contributed by atoms with Crippen LogP contribution in [0.3, 0.4) is 0 Å². The second-order valence-corrected chi connectivity index (χ2v) is 16.3. The first-order valence-electron chi connectivity index (χ1n) is 17.8. The Bertz CT molecular complexity index is 906. The summed E-state index contributed by atoms with van der Waals surface area (Å²) in [7, 11) is 5.17. The van der Waals surface area contributed by atoms with E-state index in [1.807, 2.05) is 14.2 Å². The van der Waals surface area contributed by atoms with Crippen molar-refractivity contribution < 1.29 is 29.5 Å². The van der Waals surface area contributed by atoms with Gasteiger partial charge in [0.25, 0.3) is 0 Å². The number of fused-ring (bicyclic) bond motifs is 5. The highest BCUT2D eigenvalue weighted by Crippen LogP contribution is 2.65. The van der Waals surface area contributed by atoms with Crippen molar-refractivity contribution in [1.82, 2.24) is 4.90 Å². The molecule has 256 valence electrons. The fourth-order valence-corrected chi connectivity index (χ4v) is 10.7. The van der Waals surface area contributed by atoms with Crippen LogP contribution in [0.25, 0.3) is 0 Å². The molecule has 0 aromatic rings. The van der Waals surface area contributed by atoms with E-state index in [1.54, 1.807) is 16.7 Å². The van der Waals surface area contributed by atoms with Gasteiger partial charge in [-0.3, -0.25) is 4.90 Å². The van der Waals surface area contributed by atoms with E-state index in [1.165, 1.54) is 44.8 Å². The van der Waals surface area contributed by atoms with Crippen LogP contribution in [0.2, 0.25) is 0 Å². The van der Waals surface area contributed by atoms with Crippen molar-refractivity contribution in [1.29, 1.82) is 0 Å². The minimum atomic E-state index is -0.846. The van der Waals surface area contributed by atoms with Crippen LogP contribution < -0.4 is 0 Å². The largest absolute Gasteiger partial charge is 0.390 e. The highest BCUT2D eigenvalue weighted by molar-refractivity contribution is 7.99. The summed E-state index contributed by atoms with van der Waals surface area (Å²) in [5, 5.41) is 32.4. The van der Waals surface area contributed by atoms with Gasteiger partial charge in [0.15, 0.2) is 0 Å². The maximum atomic E-state index is 12.2. The number of hydrogen-bond donors (Lipinski definition) is 3. The van der Waals surface area contributed by atoms with Crippen LogP contribution in [0.5, 0.6) is 0 Å². The zero-order chi connectivity index (χ0) is 31.9. The molecule has 0 saturated heterocycles. The molecule has 0 radical (unpaired) electrons. The number of methoxy groups -OCH3 is 2. The topological polar surface area (TPSA) is 91.6 Å². The van der Waals surface area contributed by atoms with Gasteiger partial charge < -0.3 is 29.5 Å². The molecule has 0 amide bonds. The van der Waals surface area contributed by atoms with E-state index in [4.69, 9.17) is 14.2 Å². The van der Waals surface area contributed by atoms with Crippen molar-refractivity contribution in [2.75, 3.05) is 45.9 Å². The summed E-state index contributed by atoms with van der Waals surface area (Å²) in [6, 6.07) is 0. The molecule has 3 N–H and O–H groups in total. The Morgan fingerprint density at radius 1 is 1.00 bits per heavy atom. The number of aliphatic hydroxyl groups is 3. The molecule has 4 aliphatic rings. The van der Waals surface area contributed by atoms with E-state index in [-0.39, 0.29) is 6.10 Å². The van der Waals surface area contributed by atoms with E-state index in [9.17, 15) is 15.3 Å². The van der Waals surface area contributed by atoms with Crippen molar-refractivity contribution in [3.63, 3.8) is 0 Å². The van der Waals surface area contributed by atoms with Crippen molar-refractivity contribution in [3.8, 4) is 0 Å². The summed E-state index contributed by atoms with van der Waals surface area (Å²) >= 11 is 1.76. The Morgan fingerprint density at radius 2 is 1.80 bits per heavy atom. The van der Waals surface area contributed by atoms with Crippen LogP contribution in [0, 0.1) is 35.0 Å². The van der Waals surface area contributed by atoms with E-state index in [0.717, 1.165) is 81.4 Å². The molecular weight excluding hydrogens is 574 g/mol. The van der Waals surface area contributed by atoms with E-state index in [0.29, 0.717) is 35.7 Å². The average Bonchev–Trinajstić information content (AvgIpc) is 3.38. The van der Waals surface area contributed by atoms with Crippen LogP contribution in [0.15, 0.2) is 11.6 Å². The predicted octanol–water partition coefficient (Wildman–Crippen LogP) is 6.25. The molecule has 44 heavy (non-hydrogen) atoms. The van der Waals surface area contributed by atoms with Gasteiger partial charge in [-0.2, -0.15) is 11.8 Å². The lowest BCUT2D eigenvalue weighted by Crippen LogP contribution is -2.55. The van der Waals surface area contributed by atoms with Crippen molar-refractivity contribution in [2.45, 2.75) is 135 Å². The molecule has 11 unspecified atom stereocenters. The Kier molecular flexibility index (Phi) is 14.0. The first-order valence-corrected chi connectivity index (χ1v) is 18.9. The molecule has 3 saturated carbocycles. The Balaban J connectivity index is 1.21. The number of rotatable bonds is 18. The quantitative estimate of drug-likeness (QED) is 0.0922. The average molecular weight is 640 g/mol. The molecular formula is C36H65NO6S. The molecule has 4 rings (SSSR count). The number of hydrogen-bond acceptors (Lipinski definition) is 8. The smallest absolute Gasteiger partial charge is 0.215 e. The van der Waals surface area contributed by atoms with E-state index in [2.05, 4.69) is 26.8 Å². The van der Waals surface area contributed by atoms with E-state index < -0.39 is 18.1 Å². The summed E-state index contributed by atoms with van der Waals surface area (Å²) in [6.45, 7) is 8.43.